The zero-order chi connectivity index (χ0) is 23.6. The molecule has 0 bridgehead atoms. The molecule has 0 unspecified atom stereocenters. The maximum Gasteiger partial charge on any atom is 0.262 e. The topological polar surface area (TPSA) is 71.3 Å². The maximum absolute atomic E-state index is 12.7. The third-order valence-electron chi connectivity index (χ3n) is 4.88. The molecule has 1 atom stereocenters. The van der Waals surface area contributed by atoms with Crippen LogP contribution < -0.4 is 14.8 Å². The number of nitriles is 1. The number of carbonyl (C=O) groups excluding carboxylic acids is 1. The normalized spacial score (nSPS) is 11.9. The second kappa shape index (κ2) is 12.1. The van der Waals surface area contributed by atoms with Gasteiger partial charge in [0.05, 0.1) is 16.2 Å². The minimum Gasteiger partial charge on any atom is -0.490 e. The van der Waals surface area contributed by atoms with Crippen molar-refractivity contribution in [3.8, 4) is 17.6 Å². The molecule has 0 saturated heterocycles. The van der Waals surface area contributed by atoms with E-state index < -0.39 is 5.91 Å². The highest BCUT2D eigenvalue weighted by atomic mass is 127. The van der Waals surface area contributed by atoms with Crippen molar-refractivity contribution < 1.29 is 14.3 Å². The molecule has 0 aliphatic carbocycles. The van der Waals surface area contributed by atoms with E-state index in [4.69, 9.17) is 9.47 Å². The second-order valence-corrected chi connectivity index (χ2v) is 8.48. The molecule has 0 spiro atoms. The highest BCUT2D eigenvalue weighted by Crippen LogP contribution is 2.35. The highest BCUT2D eigenvalue weighted by Gasteiger charge is 2.16. The van der Waals surface area contributed by atoms with Gasteiger partial charge < -0.3 is 14.8 Å². The Kier molecular flexibility index (Phi) is 8.90. The molecule has 5 nitrogen and oxygen atoms in total. The molecule has 6 heteroatoms. The molecule has 0 radical (unpaired) electrons. The number of nitrogens with zero attached hydrogens (tertiary/aromatic N) is 1. The van der Waals surface area contributed by atoms with Crippen molar-refractivity contribution in [2.24, 2.45) is 0 Å². The second-order valence-electron chi connectivity index (χ2n) is 7.31. The smallest absolute Gasteiger partial charge is 0.262 e. The predicted molar refractivity (Wildman–Crippen MR) is 138 cm³/mol. The van der Waals surface area contributed by atoms with Crippen molar-refractivity contribution in [3.63, 3.8) is 0 Å². The molecule has 1 amide bonds. The van der Waals surface area contributed by atoms with Gasteiger partial charge in [-0.2, -0.15) is 5.26 Å². The number of benzene rings is 3. The number of amides is 1. The fourth-order valence-corrected chi connectivity index (χ4v) is 4.00. The zero-order valence-electron chi connectivity index (χ0n) is 18.5. The molecule has 1 N–H and O–H groups in total. The van der Waals surface area contributed by atoms with E-state index in [0.717, 1.165) is 14.7 Å². The van der Waals surface area contributed by atoms with Crippen LogP contribution in [0, 0.1) is 14.9 Å². The van der Waals surface area contributed by atoms with Crippen LogP contribution in [0.3, 0.4) is 0 Å². The first kappa shape index (κ1) is 24.3. The molecule has 0 heterocycles. The first-order valence-electron chi connectivity index (χ1n) is 10.6. The fraction of sp³-hybridized carbons (Fsp3) is 0.185. The Labute approximate surface area is 208 Å². The predicted octanol–water partition coefficient (Wildman–Crippen LogP) is 6.05. The third-order valence-corrected chi connectivity index (χ3v) is 5.68. The van der Waals surface area contributed by atoms with Gasteiger partial charge in [0.15, 0.2) is 11.5 Å². The monoisotopic (exact) mass is 552 g/mol. The molecule has 168 valence electrons. The van der Waals surface area contributed by atoms with Crippen molar-refractivity contribution in [1.29, 1.82) is 5.26 Å². The summed E-state index contributed by atoms with van der Waals surface area (Å²) < 4.78 is 12.7. The first-order valence-corrected chi connectivity index (χ1v) is 11.7. The Morgan fingerprint density at radius 3 is 2.39 bits per heavy atom. The lowest BCUT2D eigenvalue weighted by Gasteiger charge is -2.15. The number of nitrogens with one attached hydrogen (secondary N) is 1. The van der Waals surface area contributed by atoms with Crippen molar-refractivity contribution in [2.75, 3.05) is 6.61 Å². The Morgan fingerprint density at radius 1 is 1.09 bits per heavy atom. The van der Waals surface area contributed by atoms with Gasteiger partial charge in [-0.25, -0.2) is 0 Å². The van der Waals surface area contributed by atoms with Crippen molar-refractivity contribution in [2.45, 2.75) is 26.5 Å². The van der Waals surface area contributed by atoms with Crippen LogP contribution in [0.15, 0.2) is 78.4 Å². The van der Waals surface area contributed by atoms with Crippen LogP contribution in [0.1, 0.15) is 36.6 Å². The average molecular weight is 552 g/mol. The van der Waals surface area contributed by atoms with Crippen molar-refractivity contribution >= 4 is 34.6 Å². The highest BCUT2D eigenvalue weighted by molar-refractivity contribution is 14.1. The van der Waals surface area contributed by atoms with Crippen molar-refractivity contribution in [1.82, 2.24) is 5.32 Å². The van der Waals surface area contributed by atoms with Crippen LogP contribution in [0.2, 0.25) is 0 Å². The van der Waals surface area contributed by atoms with Crippen LogP contribution in [0.25, 0.3) is 6.08 Å². The summed E-state index contributed by atoms with van der Waals surface area (Å²) in [6.07, 6.45) is 1.57. The van der Waals surface area contributed by atoms with E-state index in [9.17, 15) is 10.1 Å². The number of hydrogen-bond donors (Lipinski definition) is 1. The molecular weight excluding hydrogens is 527 g/mol. The van der Waals surface area contributed by atoms with E-state index in [1.165, 1.54) is 0 Å². The summed E-state index contributed by atoms with van der Waals surface area (Å²) in [4.78, 5) is 12.7. The Bertz CT molecular complexity index is 1160. The Hall–Kier alpha value is -3.31. The number of ether oxygens (including phenoxy) is 2. The van der Waals surface area contributed by atoms with Crippen LogP contribution in [0.5, 0.6) is 11.5 Å². The lowest BCUT2D eigenvalue weighted by molar-refractivity contribution is -0.117. The van der Waals surface area contributed by atoms with E-state index in [0.29, 0.717) is 30.3 Å². The number of halogens is 1. The molecule has 3 aromatic carbocycles. The van der Waals surface area contributed by atoms with Gasteiger partial charge in [0.1, 0.15) is 18.2 Å². The summed E-state index contributed by atoms with van der Waals surface area (Å²) in [7, 11) is 0. The van der Waals surface area contributed by atoms with Gasteiger partial charge in [-0.05, 0) is 71.3 Å². The SMILES string of the molecule is CCOc1cc(/C=C(/C#N)C(=O)N[C@H](C)c2ccccc2)cc(I)c1OCc1ccccc1. The van der Waals surface area contributed by atoms with Crippen LogP contribution in [-0.4, -0.2) is 12.5 Å². The largest absolute Gasteiger partial charge is 0.490 e. The van der Waals surface area contributed by atoms with Gasteiger partial charge in [0.2, 0.25) is 0 Å². The zero-order valence-corrected chi connectivity index (χ0v) is 20.7. The Balaban J connectivity index is 1.81. The van der Waals surface area contributed by atoms with Gasteiger partial charge in [-0.15, -0.1) is 0 Å². The molecule has 0 aromatic heterocycles. The average Bonchev–Trinajstić information content (AvgIpc) is 2.83. The van der Waals surface area contributed by atoms with E-state index in [1.54, 1.807) is 12.1 Å². The fourth-order valence-electron chi connectivity index (χ4n) is 3.22. The summed E-state index contributed by atoms with van der Waals surface area (Å²) in [6.45, 7) is 4.66. The lowest BCUT2D eigenvalue weighted by atomic mass is 10.1. The van der Waals surface area contributed by atoms with E-state index in [2.05, 4.69) is 27.9 Å². The van der Waals surface area contributed by atoms with Gasteiger partial charge >= 0.3 is 0 Å². The molecule has 0 saturated carbocycles. The van der Waals surface area contributed by atoms with Crippen LogP contribution in [0.4, 0.5) is 0 Å². The summed E-state index contributed by atoms with van der Waals surface area (Å²) in [5.41, 5.74) is 2.73. The maximum atomic E-state index is 12.7. The van der Waals surface area contributed by atoms with Gasteiger partial charge in [-0.3, -0.25) is 4.79 Å². The molecule has 33 heavy (non-hydrogen) atoms. The molecule has 3 aromatic rings. The van der Waals surface area contributed by atoms with E-state index >= 15 is 0 Å². The number of hydrogen-bond acceptors (Lipinski definition) is 4. The first-order chi connectivity index (χ1) is 16.0. The molecule has 0 aliphatic heterocycles. The minimum atomic E-state index is -0.425. The number of carbonyl (C=O) groups is 1. The van der Waals surface area contributed by atoms with E-state index in [-0.39, 0.29) is 11.6 Å². The molecule has 3 rings (SSSR count). The summed E-state index contributed by atoms with van der Waals surface area (Å²) >= 11 is 2.18. The lowest BCUT2D eigenvalue weighted by Crippen LogP contribution is -2.27. The van der Waals surface area contributed by atoms with Crippen LogP contribution in [-0.2, 0) is 11.4 Å². The molecule has 0 aliphatic rings. The minimum absolute atomic E-state index is 0.0222. The van der Waals surface area contributed by atoms with Gasteiger partial charge in [0, 0.05) is 0 Å². The third kappa shape index (κ3) is 6.83. The molecular formula is C27H25IN2O3. The van der Waals surface area contributed by atoms with Gasteiger partial charge in [-0.1, -0.05) is 60.7 Å². The summed E-state index contributed by atoms with van der Waals surface area (Å²) in [6, 6.07) is 25.0. The quantitative estimate of drug-likeness (QED) is 0.199. The molecule has 0 fully saturated rings. The summed E-state index contributed by atoms with van der Waals surface area (Å²) in [5.74, 6) is 0.785. The van der Waals surface area contributed by atoms with Crippen molar-refractivity contribution in [3.05, 3.63) is 98.6 Å². The van der Waals surface area contributed by atoms with E-state index in [1.807, 2.05) is 86.6 Å². The summed E-state index contributed by atoms with van der Waals surface area (Å²) in [5, 5.41) is 12.5. The number of rotatable bonds is 9. The standard InChI is InChI=1S/C27H25IN2O3/c1-3-32-25-16-21(15-24(28)26(25)33-18-20-10-6-4-7-11-20)14-23(17-29)27(31)30-19(2)22-12-8-5-9-13-22/h4-16,19H,3,18H2,1-2H3,(H,30,31)/b23-14-/t19-/m1/s1. The van der Waals surface area contributed by atoms with Crippen LogP contribution >= 0.6 is 22.6 Å². The Morgan fingerprint density at radius 2 is 1.76 bits per heavy atom. The van der Waals surface area contributed by atoms with Gasteiger partial charge in [0.25, 0.3) is 5.91 Å².